The summed E-state index contributed by atoms with van der Waals surface area (Å²) >= 11 is 0. The Balaban J connectivity index is 0.00000169. The lowest BCUT2D eigenvalue weighted by Crippen LogP contribution is -2.09. The van der Waals surface area contributed by atoms with Crippen LogP contribution in [0.2, 0.25) is 0 Å². The molecule has 0 aliphatic heterocycles. The van der Waals surface area contributed by atoms with E-state index in [1.165, 1.54) is 0 Å². The Hall–Kier alpha value is -0.0700. The molecule has 0 saturated carbocycles. The molecule has 0 aliphatic rings. The second kappa shape index (κ2) is 5.72. The molecule has 1 nitrogen and oxygen atoms in total. The monoisotopic (exact) mass is 277 g/mol. The van der Waals surface area contributed by atoms with Gasteiger partial charge in [-0.25, -0.2) is 0 Å². The summed E-state index contributed by atoms with van der Waals surface area (Å²) in [5, 5.41) is 0. The maximum Gasteiger partial charge on any atom is 0.187 e. The lowest BCUT2D eigenvalue weighted by atomic mass is 10.3. The van der Waals surface area contributed by atoms with Gasteiger partial charge in [-0.3, -0.25) is 0 Å². The van der Waals surface area contributed by atoms with Crippen LogP contribution in [-0.2, 0) is 0 Å². The molecule has 0 amide bonds. The van der Waals surface area contributed by atoms with Crippen LogP contribution in [0.4, 0.5) is 0 Å². The zero-order valence-corrected chi connectivity index (χ0v) is 11.8. The molecule has 80 valence electrons. The third kappa shape index (κ3) is 3.98. The molecule has 1 rings (SSSR count). The van der Waals surface area contributed by atoms with Crippen molar-refractivity contribution in [2.24, 2.45) is 0 Å². The van der Waals surface area contributed by atoms with Gasteiger partial charge in [-0.2, -0.15) is 0 Å². The number of halogens is 1. The van der Waals surface area contributed by atoms with Gasteiger partial charge in [0.05, 0.1) is 19.0 Å². The Bertz CT molecular complexity index is 259. The van der Waals surface area contributed by atoms with Gasteiger partial charge in [-0.15, -0.1) is 17.0 Å². The van der Waals surface area contributed by atoms with Gasteiger partial charge in [0.2, 0.25) is 0 Å². The number of hydrogen-bond donors (Lipinski definition) is 0. The van der Waals surface area contributed by atoms with E-state index in [0.29, 0.717) is 5.66 Å². The number of benzene rings is 1. The third-order valence-electron chi connectivity index (χ3n) is 2.33. The molecule has 0 bridgehead atoms. The minimum atomic E-state index is -1.24. The van der Waals surface area contributed by atoms with Crippen molar-refractivity contribution < 1.29 is 4.52 Å². The fourth-order valence-electron chi connectivity index (χ4n) is 0.858. The molecule has 0 radical (unpaired) electrons. The van der Waals surface area contributed by atoms with Crippen molar-refractivity contribution in [3.8, 4) is 5.75 Å². The van der Waals surface area contributed by atoms with Gasteiger partial charge in [0.15, 0.2) is 13.2 Å². The topological polar surface area (TPSA) is 9.23 Å². The van der Waals surface area contributed by atoms with Crippen molar-refractivity contribution in [2.75, 3.05) is 13.3 Å². The average Bonchev–Trinajstić information content (AvgIpc) is 2.05. The first-order valence-electron chi connectivity index (χ1n) is 4.60. The van der Waals surface area contributed by atoms with Gasteiger partial charge >= 0.3 is 0 Å². The molecule has 0 N–H and O–H groups in total. The Labute approximate surface area is 98.1 Å². The highest BCUT2D eigenvalue weighted by Crippen LogP contribution is 2.56. The molecular formula is C11H19BrOP+. The minimum absolute atomic E-state index is 0. The minimum Gasteiger partial charge on any atom is -0.351 e. The van der Waals surface area contributed by atoms with Gasteiger partial charge in [0.25, 0.3) is 0 Å². The van der Waals surface area contributed by atoms with Crippen LogP contribution in [0.5, 0.6) is 5.75 Å². The second-order valence-corrected chi connectivity index (χ2v) is 8.02. The molecule has 3 heteroatoms. The lowest BCUT2D eigenvalue weighted by molar-refractivity contribution is 0.592. The molecule has 0 atom stereocenters. The smallest absolute Gasteiger partial charge is 0.187 e. The van der Waals surface area contributed by atoms with Crippen LogP contribution in [-0.4, -0.2) is 19.0 Å². The largest absolute Gasteiger partial charge is 0.351 e. The predicted octanol–water partition coefficient (Wildman–Crippen LogP) is 4.24. The summed E-state index contributed by atoms with van der Waals surface area (Å²) in [4.78, 5) is 0. The molecule has 0 unspecified atom stereocenters. The highest BCUT2D eigenvalue weighted by Gasteiger charge is 2.32. The molecule has 0 aromatic heterocycles. The van der Waals surface area contributed by atoms with Crippen LogP contribution in [0.3, 0.4) is 0 Å². The van der Waals surface area contributed by atoms with E-state index in [1.54, 1.807) is 0 Å². The quantitative estimate of drug-likeness (QED) is 0.751. The molecule has 0 saturated heterocycles. The van der Waals surface area contributed by atoms with Gasteiger partial charge in [-0.05, 0) is 26.0 Å². The van der Waals surface area contributed by atoms with Gasteiger partial charge < -0.3 is 4.52 Å². The average molecular weight is 278 g/mol. The van der Waals surface area contributed by atoms with Crippen LogP contribution < -0.4 is 4.52 Å². The number of rotatable bonds is 3. The fraction of sp³-hybridized carbons (Fsp3) is 0.455. The zero-order chi connectivity index (χ0) is 9.90. The highest BCUT2D eigenvalue weighted by molar-refractivity contribution is 8.93. The lowest BCUT2D eigenvalue weighted by Gasteiger charge is -2.21. The summed E-state index contributed by atoms with van der Waals surface area (Å²) in [5.74, 6) is 0.995. The first kappa shape index (κ1) is 13.9. The van der Waals surface area contributed by atoms with E-state index in [0.717, 1.165) is 5.75 Å². The Morgan fingerprint density at radius 2 is 1.57 bits per heavy atom. The summed E-state index contributed by atoms with van der Waals surface area (Å²) in [7, 11) is -1.24. The van der Waals surface area contributed by atoms with Crippen molar-refractivity contribution >= 4 is 24.5 Å². The van der Waals surface area contributed by atoms with E-state index < -0.39 is 7.49 Å². The normalized spacial score (nSPS) is 10.9. The van der Waals surface area contributed by atoms with Gasteiger partial charge in [-0.1, -0.05) is 18.2 Å². The molecule has 0 aliphatic carbocycles. The van der Waals surface area contributed by atoms with E-state index in [1.807, 2.05) is 30.3 Å². The van der Waals surface area contributed by atoms with Gasteiger partial charge in [0.1, 0.15) is 0 Å². The van der Waals surface area contributed by atoms with E-state index in [9.17, 15) is 0 Å². The summed E-state index contributed by atoms with van der Waals surface area (Å²) in [6.07, 6.45) is 0. The molecule has 0 fully saturated rings. The predicted molar refractivity (Wildman–Crippen MR) is 71.3 cm³/mol. The van der Waals surface area contributed by atoms with E-state index in [-0.39, 0.29) is 17.0 Å². The van der Waals surface area contributed by atoms with Gasteiger partial charge in [0, 0.05) is 0 Å². The standard InChI is InChI=1S/C11H18OP.BrH/c1-10(2)13(3,4)12-11-8-6-5-7-9-11;/h5-10H,1-4H3;1H/q+1;. The maximum atomic E-state index is 5.97. The Morgan fingerprint density at radius 3 is 2.00 bits per heavy atom. The third-order valence-corrected chi connectivity index (χ3v) is 5.50. The molecule has 14 heavy (non-hydrogen) atoms. The van der Waals surface area contributed by atoms with Crippen molar-refractivity contribution in [3.63, 3.8) is 0 Å². The Kier molecular flexibility index (Phi) is 5.70. The number of hydrogen-bond acceptors (Lipinski definition) is 1. The molecule has 0 heterocycles. The zero-order valence-electron chi connectivity index (χ0n) is 9.23. The van der Waals surface area contributed by atoms with E-state index in [2.05, 4.69) is 27.2 Å². The van der Waals surface area contributed by atoms with Crippen LogP contribution in [0.25, 0.3) is 0 Å². The molecule has 0 spiro atoms. The van der Waals surface area contributed by atoms with Crippen molar-refractivity contribution in [2.45, 2.75) is 19.5 Å². The van der Waals surface area contributed by atoms with Crippen molar-refractivity contribution in [1.82, 2.24) is 0 Å². The summed E-state index contributed by atoms with van der Waals surface area (Å²) in [5.41, 5.74) is 0.618. The van der Waals surface area contributed by atoms with E-state index >= 15 is 0 Å². The molecular weight excluding hydrogens is 259 g/mol. The molecule has 1 aromatic carbocycles. The first-order valence-corrected chi connectivity index (χ1v) is 7.28. The van der Waals surface area contributed by atoms with Crippen molar-refractivity contribution in [1.29, 1.82) is 0 Å². The fourth-order valence-corrected chi connectivity index (χ4v) is 1.73. The maximum absolute atomic E-state index is 5.97. The second-order valence-electron chi connectivity index (χ2n) is 3.93. The number of para-hydroxylation sites is 1. The van der Waals surface area contributed by atoms with Crippen LogP contribution in [0, 0.1) is 0 Å². The van der Waals surface area contributed by atoms with Crippen molar-refractivity contribution in [3.05, 3.63) is 30.3 Å². The summed E-state index contributed by atoms with van der Waals surface area (Å²) < 4.78 is 5.97. The summed E-state index contributed by atoms with van der Waals surface area (Å²) in [6, 6.07) is 10.1. The van der Waals surface area contributed by atoms with Crippen LogP contribution >= 0.6 is 24.5 Å². The molecule has 1 aromatic rings. The van der Waals surface area contributed by atoms with Crippen LogP contribution in [0.15, 0.2) is 30.3 Å². The SMILES string of the molecule is Br.CC(C)[P+](C)(C)Oc1ccccc1. The highest BCUT2D eigenvalue weighted by atomic mass is 79.9. The van der Waals surface area contributed by atoms with E-state index in [4.69, 9.17) is 4.52 Å². The first-order chi connectivity index (χ1) is 6.02. The Morgan fingerprint density at radius 1 is 1.07 bits per heavy atom. The van der Waals surface area contributed by atoms with Crippen LogP contribution in [0.1, 0.15) is 13.8 Å². The summed E-state index contributed by atoms with van der Waals surface area (Å²) in [6.45, 7) is 8.89.